The fourth-order valence-electron chi connectivity index (χ4n) is 2.27. The molecule has 4 nitrogen and oxygen atoms in total. The molecule has 20 heavy (non-hydrogen) atoms. The van der Waals surface area contributed by atoms with Gasteiger partial charge in [-0.1, -0.05) is 13.0 Å². The first-order chi connectivity index (χ1) is 9.63. The van der Waals surface area contributed by atoms with Gasteiger partial charge in [0.25, 0.3) is 0 Å². The van der Waals surface area contributed by atoms with Crippen LogP contribution in [0.1, 0.15) is 30.7 Å². The second-order valence-electron chi connectivity index (χ2n) is 4.91. The van der Waals surface area contributed by atoms with E-state index in [0.29, 0.717) is 6.61 Å². The molecular weight excluding hydrogens is 250 g/mol. The second kappa shape index (κ2) is 6.46. The van der Waals surface area contributed by atoms with Crippen LogP contribution in [-0.4, -0.2) is 16.4 Å². The smallest absolute Gasteiger partial charge is 0.142 e. The van der Waals surface area contributed by atoms with Crippen molar-refractivity contribution in [2.24, 2.45) is 7.05 Å². The zero-order chi connectivity index (χ0) is 14.5. The lowest BCUT2D eigenvalue weighted by Crippen LogP contribution is -2.04. The van der Waals surface area contributed by atoms with Crippen molar-refractivity contribution in [3.05, 3.63) is 41.2 Å². The minimum absolute atomic E-state index is 0.672. The molecule has 0 atom stereocenters. The molecule has 0 saturated heterocycles. The van der Waals surface area contributed by atoms with Crippen LogP contribution in [0.25, 0.3) is 0 Å². The highest BCUT2D eigenvalue weighted by atomic mass is 16.5. The van der Waals surface area contributed by atoms with Crippen LogP contribution in [-0.2, 0) is 20.0 Å². The van der Waals surface area contributed by atoms with Gasteiger partial charge in [0.15, 0.2) is 0 Å². The maximum atomic E-state index is 5.68. The van der Waals surface area contributed by atoms with Crippen molar-refractivity contribution in [3.8, 4) is 5.75 Å². The van der Waals surface area contributed by atoms with E-state index >= 15 is 0 Å². The summed E-state index contributed by atoms with van der Waals surface area (Å²) in [4.78, 5) is 0. The SMILES string of the molecule is CCOc1cc(C)ccc1NCc1cn(C)nc1CC. The predicted molar refractivity (Wildman–Crippen MR) is 82.3 cm³/mol. The molecule has 108 valence electrons. The van der Waals surface area contributed by atoms with Crippen LogP contribution >= 0.6 is 0 Å². The number of ether oxygens (including phenoxy) is 1. The Kier molecular flexibility index (Phi) is 4.66. The van der Waals surface area contributed by atoms with Crippen molar-refractivity contribution in [2.45, 2.75) is 33.7 Å². The molecule has 0 aliphatic heterocycles. The lowest BCUT2D eigenvalue weighted by molar-refractivity contribution is 0.341. The molecule has 1 N–H and O–H groups in total. The Morgan fingerprint density at radius 2 is 2.10 bits per heavy atom. The molecule has 1 aromatic carbocycles. The van der Waals surface area contributed by atoms with Crippen molar-refractivity contribution in [1.82, 2.24) is 9.78 Å². The van der Waals surface area contributed by atoms with E-state index in [2.05, 4.69) is 48.7 Å². The summed E-state index contributed by atoms with van der Waals surface area (Å²) in [5.74, 6) is 0.912. The van der Waals surface area contributed by atoms with E-state index in [1.807, 2.05) is 18.7 Å². The Balaban J connectivity index is 2.13. The van der Waals surface area contributed by atoms with Gasteiger partial charge >= 0.3 is 0 Å². The Morgan fingerprint density at radius 1 is 1.30 bits per heavy atom. The fraction of sp³-hybridized carbons (Fsp3) is 0.438. The van der Waals surface area contributed by atoms with Gasteiger partial charge in [0, 0.05) is 25.4 Å². The molecule has 0 bridgehead atoms. The van der Waals surface area contributed by atoms with Crippen LogP contribution in [0.2, 0.25) is 0 Å². The summed E-state index contributed by atoms with van der Waals surface area (Å²) in [5, 5.41) is 7.91. The maximum Gasteiger partial charge on any atom is 0.142 e. The summed E-state index contributed by atoms with van der Waals surface area (Å²) < 4.78 is 7.55. The molecule has 1 aromatic heterocycles. The molecule has 0 saturated carbocycles. The monoisotopic (exact) mass is 273 g/mol. The van der Waals surface area contributed by atoms with Gasteiger partial charge in [-0.25, -0.2) is 0 Å². The zero-order valence-electron chi connectivity index (χ0n) is 12.7. The van der Waals surface area contributed by atoms with Gasteiger partial charge in [-0.15, -0.1) is 0 Å². The molecule has 0 aliphatic rings. The minimum atomic E-state index is 0.672. The molecule has 0 aliphatic carbocycles. The van der Waals surface area contributed by atoms with Gasteiger partial charge in [0.2, 0.25) is 0 Å². The average Bonchev–Trinajstić information content (AvgIpc) is 2.78. The molecule has 1 heterocycles. The molecule has 0 radical (unpaired) electrons. The molecular formula is C16H23N3O. The first-order valence-corrected chi connectivity index (χ1v) is 7.12. The van der Waals surface area contributed by atoms with E-state index in [4.69, 9.17) is 4.74 Å². The molecule has 0 fully saturated rings. The summed E-state index contributed by atoms with van der Waals surface area (Å²) in [6.45, 7) is 7.64. The fourth-order valence-corrected chi connectivity index (χ4v) is 2.27. The van der Waals surface area contributed by atoms with E-state index in [1.165, 1.54) is 11.1 Å². The van der Waals surface area contributed by atoms with Gasteiger partial charge in [-0.3, -0.25) is 4.68 Å². The maximum absolute atomic E-state index is 5.68. The zero-order valence-corrected chi connectivity index (χ0v) is 12.7. The quantitative estimate of drug-likeness (QED) is 0.877. The topological polar surface area (TPSA) is 39.1 Å². The number of aryl methyl sites for hydroxylation is 3. The number of benzene rings is 1. The van der Waals surface area contributed by atoms with Gasteiger partial charge in [0.1, 0.15) is 5.75 Å². The third-order valence-electron chi connectivity index (χ3n) is 3.23. The first-order valence-electron chi connectivity index (χ1n) is 7.12. The number of rotatable bonds is 6. The standard InChI is InChI=1S/C16H23N3O/c1-5-14-13(11-19(4)18-14)10-17-15-8-7-12(3)9-16(15)20-6-2/h7-9,11,17H,5-6,10H2,1-4H3. The first kappa shape index (κ1) is 14.4. The largest absolute Gasteiger partial charge is 0.492 e. The van der Waals surface area contributed by atoms with Crippen molar-refractivity contribution >= 4 is 5.69 Å². The lowest BCUT2D eigenvalue weighted by atomic mass is 10.2. The second-order valence-corrected chi connectivity index (χ2v) is 4.91. The average molecular weight is 273 g/mol. The molecule has 2 aromatic rings. The number of aromatic nitrogens is 2. The Morgan fingerprint density at radius 3 is 2.80 bits per heavy atom. The number of anilines is 1. The number of hydrogen-bond donors (Lipinski definition) is 1. The Hall–Kier alpha value is -1.97. The van der Waals surface area contributed by atoms with Gasteiger partial charge in [-0.2, -0.15) is 5.10 Å². The Labute approximate surface area is 120 Å². The summed E-state index contributed by atoms with van der Waals surface area (Å²) >= 11 is 0. The van der Waals surface area contributed by atoms with Crippen molar-refractivity contribution in [1.29, 1.82) is 0 Å². The Bertz CT molecular complexity index is 575. The van der Waals surface area contributed by atoms with Gasteiger partial charge in [0.05, 0.1) is 18.0 Å². The van der Waals surface area contributed by atoms with Crippen LogP contribution in [0, 0.1) is 6.92 Å². The highest BCUT2D eigenvalue weighted by Crippen LogP contribution is 2.26. The highest BCUT2D eigenvalue weighted by Gasteiger charge is 2.08. The van der Waals surface area contributed by atoms with E-state index < -0.39 is 0 Å². The normalized spacial score (nSPS) is 10.6. The van der Waals surface area contributed by atoms with E-state index in [0.717, 1.165) is 30.1 Å². The van der Waals surface area contributed by atoms with Gasteiger partial charge in [-0.05, 0) is 38.0 Å². The summed E-state index contributed by atoms with van der Waals surface area (Å²) in [5.41, 5.74) is 4.61. The third-order valence-corrected chi connectivity index (χ3v) is 3.23. The van der Waals surface area contributed by atoms with Crippen LogP contribution in [0.5, 0.6) is 5.75 Å². The van der Waals surface area contributed by atoms with Crippen LogP contribution < -0.4 is 10.1 Å². The molecule has 2 rings (SSSR count). The van der Waals surface area contributed by atoms with E-state index in [1.54, 1.807) is 0 Å². The van der Waals surface area contributed by atoms with E-state index in [9.17, 15) is 0 Å². The molecule has 4 heteroatoms. The van der Waals surface area contributed by atoms with E-state index in [-0.39, 0.29) is 0 Å². The predicted octanol–water partition coefficient (Wildman–Crippen LogP) is 3.30. The van der Waals surface area contributed by atoms with Crippen molar-refractivity contribution < 1.29 is 4.74 Å². The summed E-state index contributed by atoms with van der Waals surface area (Å²) in [7, 11) is 1.96. The van der Waals surface area contributed by atoms with Crippen LogP contribution in [0.4, 0.5) is 5.69 Å². The molecule has 0 spiro atoms. The van der Waals surface area contributed by atoms with Crippen molar-refractivity contribution in [3.63, 3.8) is 0 Å². The highest BCUT2D eigenvalue weighted by molar-refractivity contribution is 5.58. The summed E-state index contributed by atoms with van der Waals surface area (Å²) in [6.07, 6.45) is 3.02. The summed E-state index contributed by atoms with van der Waals surface area (Å²) in [6, 6.07) is 6.23. The lowest BCUT2D eigenvalue weighted by Gasteiger charge is -2.13. The van der Waals surface area contributed by atoms with Crippen LogP contribution in [0.3, 0.4) is 0 Å². The number of nitrogens with zero attached hydrogens (tertiary/aromatic N) is 2. The van der Waals surface area contributed by atoms with Crippen LogP contribution in [0.15, 0.2) is 24.4 Å². The van der Waals surface area contributed by atoms with Gasteiger partial charge < -0.3 is 10.1 Å². The number of nitrogens with one attached hydrogen (secondary N) is 1. The minimum Gasteiger partial charge on any atom is -0.492 e. The molecule has 0 amide bonds. The number of hydrogen-bond acceptors (Lipinski definition) is 3. The van der Waals surface area contributed by atoms with Crippen molar-refractivity contribution in [2.75, 3.05) is 11.9 Å². The third kappa shape index (κ3) is 3.32. The molecule has 0 unspecified atom stereocenters.